The molecule has 4 rings (SSSR count). The van der Waals surface area contributed by atoms with E-state index in [4.69, 9.17) is 4.74 Å². The largest absolute Gasteiger partial charge is 0.481 e. The molecule has 35 heavy (non-hydrogen) atoms. The molecule has 1 N–H and O–H groups in total. The molecule has 1 aliphatic heterocycles. The van der Waals surface area contributed by atoms with E-state index in [1.165, 1.54) is 11.1 Å². The normalized spacial score (nSPS) is 15.8. The Morgan fingerprint density at radius 3 is 2.26 bits per heavy atom. The minimum atomic E-state index is -0.621. The minimum Gasteiger partial charge on any atom is -0.481 e. The molecule has 2 amide bonds. The molecule has 0 unspecified atom stereocenters. The molecule has 0 bridgehead atoms. The van der Waals surface area contributed by atoms with Crippen molar-refractivity contribution in [1.29, 1.82) is 0 Å². The Balaban J connectivity index is 1.61. The minimum absolute atomic E-state index is 0.136. The molecule has 0 spiro atoms. The Labute approximate surface area is 208 Å². The summed E-state index contributed by atoms with van der Waals surface area (Å²) in [5.41, 5.74) is 6.43. The van der Waals surface area contributed by atoms with E-state index in [0.29, 0.717) is 25.1 Å². The standard InChI is InChI=1S/C30H34N2O3/c1-5-27(30(34)31-24-14-9-21(4)10-15-24)35-25-16-13-22-17-18-32(28(33)6-2)29(26(22)19-25)23-11-7-20(3)8-12-23/h7-16,19,27,29H,5-6,17-18H2,1-4H3,(H,31,34)/t27-,29-/m1/s1. The maximum Gasteiger partial charge on any atom is 0.265 e. The van der Waals surface area contributed by atoms with Crippen LogP contribution in [0.15, 0.2) is 66.7 Å². The highest BCUT2D eigenvalue weighted by molar-refractivity contribution is 5.94. The fourth-order valence-electron chi connectivity index (χ4n) is 4.59. The second-order valence-corrected chi connectivity index (χ2v) is 9.23. The second kappa shape index (κ2) is 10.8. The van der Waals surface area contributed by atoms with Crippen molar-refractivity contribution in [2.24, 2.45) is 0 Å². The van der Waals surface area contributed by atoms with E-state index in [2.05, 4.69) is 42.6 Å². The van der Waals surface area contributed by atoms with Crippen LogP contribution in [0.1, 0.15) is 60.5 Å². The molecule has 0 saturated carbocycles. The monoisotopic (exact) mass is 470 g/mol. The van der Waals surface area contributed by atoms with E-state index < -0.39 is 6.10 Å². The number of fused-ring (bicyclic) bond motifs is 1. The Morgan fingerprint density at radius 2 is 1.63 bits per heavy atom. The molecule has 182 valence electrons. The first-order chi connectivity index (χ1) is 16.9. The first kappa shape index (κ1) is 24.5. The number of nitrogens with zero attached hydrogens (tertiary/aromatic N) is 1. The van der Waals surface area contributed by atoms with Crippen molar-refractivity contribution < 1.29 is 14.3 Å². The van der Waals surface area contributed by atoms with Gasteiger partial charge in [0.25, 0.3) is 5.91 Å². The molecule has 1 heterocycles. The van der Waals surface area contributed by atoms with E-state index in [9.17, 15) is 9.59 Å². The van der Waals surface area contributed by atoms with Gasteiger partial charge in [-0.25, -0.2) is 0 Å². The van der Waals surface area contributed by atoms with Gasteiger partial charge in [0.15, 0.2) is 6.10 Å². The molecule has 2 atom stereocenters. The van der Waals surface area contributed by atoms with Crippen LogP contribution in [-0.2, 0) is 16.0 Å². The smallest absolute Gasteiger partial charge is 0.265 e. The Kier molecular flexibility index (Phi) is 7.54. The number of carbonyl (C=O) groups excluding carboxylic acids is 2. The zero-order chi connectivity index (χ0) is 24.9. The van der Waals surface area contributed by atoms with Crippen molar-refractivity contribution in [2.45, 2.75) is 59.1 Å². The lowest BCUT2D eigenvalue weighted by Gasteiger charge is -2.38. The van der Waals surface area contributed by atoms with Gasteiger partial charge < -0.3 is 15.0 Å². The lowest BCUT2D eigenvalue weighted by Crippen LogP contribution is -2.40. The number of benzene rings is 3. The third-order valence-electron chi connectivity index (χ3n) is 6.62. The van der Waals surface area contributed by atoms with Gasteiger partial charge in [0.1, 0.15) is 5.75 Å². The van der Waals surface area contributed by atoms with Crippen molar-refractivity contribution in [3.63, 3.8) is 0 Å². The molecule has 0 saturated heterocycles. The van der Waals surface area contributed by atoms with Crippen molar-refractivity contribution in [3.8, 4) is 5.75 Å². The number of amides is 2. The van der Waals surface area contributed by atoms with Gasteiger partial charge >= 0.3 is 0 Å². The van der Waals surface area contributed by atoms with Crippen LogP contribution in [0.4, 0.5) is 5.69 Å². The zero-order valence-electron chi connectivity index (χ0n) is 21.0. The lowest BCUT2D eigenvalue weighted by molar-refractivity contribution is -0.133. The van der Waals surface area contributed by atoms with Crippen LogP contribution in [0.5, 0.6) is 5.75 Å². The highest BCUT2D eigenvalue weighted by Gasteiger charge is 2.32. The SMILES string of the molecule is CCC(=O)N1CCc2ccc(O[C@H](CC)C(=O)Nc3ccc(C)cc3)cc2[C@H]1c1ccc(C)cc1. The molecule has 0 fully saturated rings. The van der Waals surface area contributed by atoms with Gasteiger partial charge in [-0.3, -0.25) is 9.59 Å². The predicted molar refractivity (Wildman–Crippen MR) is 140 cm³/mol. The summed E-state index contributed by atoms with van der Waals surface area (Å²) in [5.74, 6) is 0.598. The van der Waals surface area contributed by atoms with E-state index in [1.54, 1.807) is 0 Å². The third kappa shape index (κ3) is 5.56. The van der Waals surface area contributed by atoms with Gasteiger partial charge in [-0.2, -0.15) is 0 Å². The van der Waals surface area contributed by atoms with Crippen LogP contribution >= 0.6 is 0 Å². The fourth-order valence-corrected chi connectivity index (χ4v) is 4.59. The predicted octanol–water partition coefficient (Wildman–Crippen LogP) is 5.98. The molecular formula is C30H34N2O3. The van der Waals surface area contributed by atoms with E-state index in [0.717, 1.165) is 28.8 Å². The van der Waals surface area contributed by atoms with Crippen molar-refractivity contribution >= 4 is 17.5 Å². The average Bonchev–Trinajstić information content (AvgIpc) is 2.87. The number of aryl methyl sites for hydroxylation is 2. The van der Waals surface area contributed by atoms with Crippen molar-refractivity contribution in [3.05, 3.63) is 94.5 Å². The first-order valence-corrected chi connectivity index (χ1v) is 12.4. The topological polar surface area (TPSA) is 58.6 Å². The summed E-state index contributed by atoms with van der Waals surface area (Å²) in [7, 11) is 0. The molecule has 0 aromatic heterocycles. The Hall–Kier alpha value is -3.60. The van der Waals surface area contributed by atoms with Crippen LogP contribution < -0.4 is 10.1 Å². The van der Waals surface area contributed by atoms with Crippen LogP contribution in [0.2, 0.25) is 0 Å². The maximum absolute atomic E-state index is 12.9. The molecule has 3 aromatic carbocycles. The van der Waals surface area contributed by atoms with Gasteiger partial charge in [-0.1, -0.05) is 67.4 Å². The van der Waals surface area contributed by atoms with Crippen LogP contribution in [0, 0.1) is 13.8 Å². The van der Waals surface area contributed by atoms with Crippen LogP contribution in [-0.4, -0.2) is 29.4 Å². The third-order valence-corrected chi connectivity index (χ3v) is 6.62. The molecule has 0 radical (unpaired) electrons. The number of carbonyl (C=O) groups is 2. The summed E-state index contributed by atoms with van der Waals surface area (Å²) in [6.45, 7) is 8.61. The number of rotatable bonds is 7. The van der Waals surface area contributed by atoms with Crippen LogP contribution in [0.25, 0.3) is 0 Å². The fraction of sp³-hybridized carbons (Fsp3) is 0.333. The molecule has 5 nitrogen and oxygen atoms in total. The lowest BCUT2D eigenvalue weighted by atomic mass is 9.87. The summed E-state index contributed by atoms with van der Waals surface area (Å²) in [4.78, 5) is 27.8. The van der Waals surface area contributed by atoms with Gasteiger partial charge in [0, 0.05) is 18.7 Å². The Bertz CT molecular complexity index is 1190. The molecule has 5 heteroatoms. The van der Waals surface area contributed by atoms with E-state index in [-0.39, 0.29) is 17.9 Å². The number of anilines is 1. The van der Waals surface area contributed by atoms with Gasteiger partial charge in [-0.05, 0) is 67.6 Å². The summed E-state index contributed by atoms with van der Waals surface area (Å²) in [6.07, 6.45) is 1.18. The highest BCUT2D eigenvalue weighted by Crippen LogP contribution is 2.38. The van der Waals surface area contributed by atoms with Crippen LogP contribution in [0.3, 0.4) is 0 Å². The van der Waals surface area contributed by atoms with E-state index in [1.807, 2.05) is 62.1 Å². The maximum atomic E-state index is 12.9. The van der Waals surface area contributed by atoms with Crippen molar-refractivity contribution in [2.75, 3.05) is 11.9 Å². The van der Waals surface area contributed by atoms with E-state index >= 15 is 0 Å². The average molecular weight is 471 g/mol. The summed E-state index contributed by atoms with van der Waals surface area (Å²) < 4.78 is 6.20. The number of ether oxygens (including phenoxy) is 1. The Morgan fingerprint density at radius 1 is 0.971 bits per heavy atom. The summed E-state index contributed by atoms with van der Waals surface area (Å²) in [6, 6.07) is 21.9. The van der Waals surface area contributed by atoms with Gasteiger partial charge in [0.05, 0.1) is 6.04 Å². The number of hydrogen-bond donors (Lipinski definition) is 1. The molecule has 3 aromatic rings. The number of nitrogens with one attached hydrogen (secondary N) is 1. The quantitative estimate of drug-likeness (QED) is 0.462. The van der Waals surface area contributed by atoms with Gasteiger partial charge in [0.2, 0.25) is 5.91 Å². The highest BCUT2D eigenvalue weighted by atomic mass is 16.5. The second-order valence-electron chi connectivity index (χ2n) is 9.23. The molecule has 1 aliphatic rings. The van der Waals surface area contributed by atoms with Gasteiger partial charge in [-0.15, -0.1) is 0 Å². The first-order valence-electron chi connectivity index (χ1n) is 12.4. The zero-order valence-corrected chi connectivity index (χ0v) is 21.0. The van der Waals surface area contributed by atoms with Crippen molar-refractivity contribution in [1.82, 2.24) is 4.90 Å². The molecule has 0 aliphatic carbocycles. The molecular weight excluding hydrogens is 436 g/mol. The summed E-state index contributed by atoms with van der Waals surface area (Å²) >= 11 is 0. The number of hydrogen-bond acceptors (Lipinski definition) is 3. The summed E-state index contributed by atoms with van der Waals surface area (Å²) in [5, 5.41) is 2.96.